The van der Waals surface area contributed by atoms with Crippen molar-refractivity contribution in [3.8, 4) is 12.1 Å². The lowest BCUT2D eigenvalue weighted by Gasteiger charge is -2.43. The summed E-state index contributed by atoms with van der Waals surface area (Å²) in [5.41, 5.74) is 0.460. The number of halogens is 1. The molecule has 2 unspecified atom stereocenters. The smallest absolute Gasteiger partial charge is 0.0867 e. The predicted molar refractivity (Wildman–Crippen MR) is 79.5 cm³/mol. The molecule has 5 heteroatoms. The van der Waals surface area contributed by atoms with Crippen LogP contribution in [0.25, 0.3) is 0 Å². The molecule has 2 bridgehead atoms. The van der Waals surface area contributed by atoms with Crippen LogP contribution >= 0.6 is 11.6 Å². The Balaban J connectivity index is 1.88. The Bertz CT molecular complexity index is 601. The fourth-order valence-electron chi connectivity index (χ4n) is 3.95. The van der Waals surface area contributed by atoms with Gasteiger partial charge in [-0.1, -0.05) is 11.6 Å². The van der Waals surface area contributed by atoms with E-state index < -0.39 is 5.41 Å². The molecule has 2 aliphatic rings. The van der Waals surface area contributed by atoms with Gasteiger partial charge in [-0.25, -0.2) is 0 Å². The fraction of sp³-hybridized carbons (Fsp3) is 0.562. The number of rotatable bonds is 3. The fourth-order valence-corrected chi connectivity index (χ4v) is 4.12. The summed E-state index contributed by atoms with van der Waals surface area (Å²) in [6.45, 7) is 0.821. The Labute approximate surface area is 130 Å². The third kappa shape index (κ3) is 2.50. The molecule has 108 valence electrons. The minimum atomic E-state index is -0.479. The van der Waals surface area contributed by atoms with E-state index in [1.165, 1.54) is 0 Å². The van der Waals surface area contributed by atoms with Gasteiger partial charge in [0.2, 0.25) is 0 Å². The van der Waals surface area contributed by atoms with Crippen LogP contribution in [-0.2, 0) is 5.41 Å². The van der Waals surface area contributed by atoms with Crippen LogP contribution in [-0.4, -0.2) is 28.5 Å². The monoisotopic (exact) mass is 300 g/mol. The molecule has 0 aromatic carbocycles. The Morgan fingerprint density at radius 2 is 2.00 bits per heavy atom. The normalized spacial score (nSPS) is 31.6. The van der Waals surface area contributed by atoms with E-state index >= 15 is 0 Å². The molecule has 3 rings (SSSR count). The molecule has 0 N–H and O–H groups in total. The predicted octanol–water partition coefficient (Wildman–Crippen LogP) is 3.04. The minimum Gasteiger partial charge on any atom is -0.296 e. The van der Waals surface area contributed by atoms with E-state index in [0.29, 0.717) is 23.5 Å². The summed E-state index contributed by atoms with van der Waals surface area (Å²) >= 11 is 6.05. The summed E-state index contributed by atoms with van der Waals surface area (Å²) in [7, 11) is 0. The molecule has 21 heavy (non-hydrogen) atoms. The van der Waals surface area contributed by atoms with Crippen LogP contribution in [0.15, 0.2) is 18.5 Å². The molecule has 1 aromatic heterocycles. The summed E-state index contributed by atoms with van der Waals surface area (Å²) < 4.78 is 0. The van der Waals surface area contributed by atoms with E-state index in [0.717, 1.165) is 37.8 Å². The highest BCUT2D eigenvalue weighted by Crippen LogP contribution is 2.47. The maximum Gasteiger partial charge on any atom is 0.0867 e. The van der Waals surface area contributed by atoms with Crippen molar-refractivity contribution in [3.05, 3.63) is 29.0 Å². The third-order valence-corrected chi connectivity index (χ3v) is 5.10. The van der Waals surface area contributed by atoms with Gasteiger partial charge in [0.15, 0.2) is 0 Å². The molecule has 2 saturated heterocycles. The van der Waals surface area contributed by atoms with E-state index in [-0.39, 0.29) is 0 Å². The number of hydrogen-bond acceptors (Lipinski definition) is 4. The quantitative estimate of drug-likeness (QED) is 0.860. The van der Waals surface area contributed by atoms with Crippen molar-refractivity contribution in [2.75, 3.05) is 6.54 Å². The van der Waals surface area contributed by atoms with E-state index in [1.54, 1.807) is 12.4 Å². The summed E-state index contributed by atoms with van der Waals surface area (Å²) in [6.07, 6.45) is 7.81. The topological polar surface area (TPSA) is 63.7 Å². The van der Waals surface area contributed by atoms with Crippen molar-refractivity contribution in [1.82, 2.24) is 9.88 Å². The molecule has 4 nitrogen and oxygen atoms in total. The van der Waals surface area contributed by atoms with Crippen molar-refractivity contribution >= 4 is 11.6 Å². The summed E-state index contributed by atoms with van der Waals surface area (Å²) in [4.78, 5) is 6.58. The van der Waals surface area contributed by atoms with Gasteiger partial charge in [0.05, 0.1) is 22.6 Å². The second-order valence-electron chi connectivity index (χ2n) is 6.02. The number of nitrogens with zero attached hydrogens (tertiary/aromatic N) is 4. The Morgan fingerprint density at radius 3 is 2.57 bits per heavy atom. The van der Waals surface area contributed by atoms with E-state index in [9.17, 15) is 5.26 Å². The Hall–Kier alpha value is -1.62. The van der Waals surface area contributed by atoms with Crippen LogP contribution in [0.3, 0.4) is 0 Å². The second-order valence-corrected chi connectivity index (χ2v) is 6.46. The maximum atomic E-state index is 9.82. The highest BCUT2D eigenvalue weighted by Gasteiger charge is 2.49. The van der Waals surface area contributed by atoms with Crippen molar-refractivity contribution in [3.63, 3.8) is 0 Å². The summed E-state index contributed by atoms with van der Waals surface area (Å²) in [5, 5.41) is 19.2. The number of nitriles is 2. The van der Waals surface area contributed by atoms with Gasteiger partial charge in [-0.15, -0.1) is 0 Å². The Kier molecular flexibility index (Phi) is 3.85. The van der Waals surface area contributed by atoms with Crippen molar-refractivity contribution in [1.29, 1.82) is 10.5 Å². The van der Waals surface area contributed by atoms with E-state index in [1.807, 2.05) is 6.07 Å². The first-order chi connectivity index (χ1) is 10.2. The van der Waals surface area contributed by atoms with Crippen LogP contribution < -0.4 is 0 Å². The molecule has 0 radical (unpaired) electrons. The highest BCUT2D eigenvalue weighted by atomic mass is 35.5. The van der Waals surface area contributed by atoms with Crippen LogP contribution in [0.2, 0.25) is 5.02 Å². The van der Waals surface area contributed by atoms with Crippen molar-refractivity contribution < 1.29 is 0 Å². The van der Waals surface area contributed by atoms with Gasteiger partial charge in [0.25, 0.3) is 0 Å². The van der Waals surface area contributed by atoms with Crippen LogP contribution in [0.5, 0.6) is 0 Å². The number of piperidine rings is 1. The van der Waals surface area contributed by atoms with E-state index in [2.05, 4.69) is 22.0 Å². The zero-order valence-electron chi connectivity index (χ0n) is 11.8. The number of aromatic nitrogens is 1. The highest BCUT2D eigenvalue weighted by molar-refractivity contribution is 6.30. The zero-order chi connectivity index (χ0) is 14.9. The number of pyridine rings is 1. The lowest BCUT2D eigenvalue weighted by Crippen LogP contribution is -2.49. The molecule has 3 heterocycles. The van der Waals surface area contributed by atoms with Crippen LogP contribution in [0, 0.1) is 22.7 Å². The third-order valence-electron chi connectivity index (χ3n) is 4.89. The van der Waals surface area contributed by atoms with Gasteiger partial charge >= 0.3 is 0 Å². The standard InChI is InChI=1S/C16H17ClN4/c17-13-6-12(9-20-10-13)16(11-19)7-14-2-3-15(8-16)21(14)5-1-4-18/h6,9-10,14-15H,1-3,5,7-8H2. The molecule has 1 aromatic rings. The average molecular weight is 301 g/mol. The second kappa shape index (κ2) is 5.64. The first kappa shape index (κ1) is 14.3. The van der Waals surface area contributed by atoms with Gasteiger partial charge in [-0.2, -0.15) is 10.5 Å². The van der Waals surface area contributed by atoms with Gasteiger partial charge in [-0.05, 0) is 37.3 Å². The first-order valence-corrected chi connectivity index (χ1v) is 7.71. The zero-order valence-corrected chi connectivity index (χ0v) is 12.6. The lowest BCUT2D eigenvalue weighted by molar-refractivity contribution is 0.107. The SMILES string of the molecule is N#CCCN1C2CCC1CC(C#N)(c1cncc(Cl)c1)C2. The molecular formula is C16H17ClN4. The largest absolute Gasteiger partial charge is 0.296 e. The summed E-state index contributed by atoms with van der Waals surface area (Å²) in [6, 6.07) is 7.45. The van der Waals surface area contributed by atoms with Gasteiger partial charge in [-0.3, -0.25) is 9.88 Å². The average Bonchev–Trinajstić information content (AvgIpc) is 2.74. The molecule has 0 saturated carbocycles. The molecule has 0 aliphatic carbocycles. The van der Waals surface area contributed by atoms with Gasteiger partial charge < -0.3 is 0 Å². The van der Waals surface area contributed by atoms with E-state index in [4.69, 9.17) is 16.9 Å². The molecule has 2 atom stereocenters. The lowest BCUT2D eigenvalue weighted by atomic mass is 9.71. The Morgan fingerprint density at radius 1 is 1.29 bits per heavy atom. The maximum absolute atomic E-state index is 9.82. The van der Waals surface area contributed by atoms with Gasteiger partial charge in [0, 0.05) is 37.4 Å². The number of hydrogen-bond donors (Lipinski definition) is 0. The molecular weight excluding hydrogens is 284 g/mol. The molecule has 0 spiro atoms. The van der Waals surface area contributed by atoms with Gasteiger partial charge in [0.1, 0.15) is 0 Å². The first-order valence-electron chi connectivity index (χ1n) is 7.33. The minimum absolute atomic E-state index is 0.399. The molecule has 0 amide bonds. The molecule has 2 fully saturated rings. The van der Waals surface area contributed by atoms with Crippen molar-refractivity contribution in [2.24, 2.45) is 0 Å². The molecule has 2 aliphatic heterocycles. The van der Waals surface area contributed by atoms with Crippen LogP contribution in [0.4, 0.5) is 0 Å². The summed E-state index contributed by atoms with van der Waals surface area (Å²) in [5.74, 6) is 0. The number of fused-ring (bicyclic) bond motifs is 2. The van der Waals surface area contributed by atoms with Crippen LogP contribution in [0.1, 0.15) is 37.7 Å². The van der Waals surface area contributed by atoms with Crippen molar-refractivity contribution in [2.45, 2.75) is 49.6 Å².